The van der Waals surface area contributed by atoms with Crippen molar-refractivity contribution in [3.05, 3.63) is 66.5 Å². The van der Waals surface area contributed by atoms with E-state index in [4.69, 9.17) is 4.42 Å². The van der Waals surface area contributed by atoms with E-state index in [1.165, 1.54) is 5.69 Å². The first-order valence-electron chi connectivity index (χ1n) is 9.75. The molecule has 2 aromatic heterocycles. The highest BCUT2D eigenvalue weighted by Gasteiger charge is 2.29. The smallest absolute Gasteiger partial charge is 0.238 e. The second-order valence-corrected chi connectivity index (χ2v) is 7.53. The number of hydrogen-bond donors (Lipinski definition) is 1. The van der Waals surface area contributed by atoms with E-state index in [9.17, 15) is 4.79 Å². The summed E-state index contributed by atoms with van der Waals surface area (Å²) in [5.41, 5.74) is 3.78. The molecular weight excluding hydrogens is 350 g/mol. The summed E-state index contributed by atoms with van der Waals surface area (Å²) in [4.78, 5) is 15.0. The number of amides is 1. The van der Waals surface area contributed by atoms with Crippen molar-refractivity contribution < 1.29 is 9.21 Å². The molecule has 0 unspecified atom stereocenters. The molecule has 1 aliphatic heterocycles. The first kappa shape index (κ1) is 17.1. The van der Waals surface area contributed by atoms with Gasteiger partial charge in [-0.25, -0.2) is 0 Å². The van der Waals surface area contributed by atoms with E-state index in [0.717, 1.165) is 47.0 Å². The Morgan fingerprint density at radius 1 is 1.11 bits per heavy atom. The number of aromatic nitrogens is 1. The Bertz CT molecular complexity index is 1160. The lowest BCUT2D eigenvalue weighted by Gasteiger charge is -2.24. The van der Waals surface area contributed by atoms with E-state index in [0.29, 0.717) is 12.6 Å². The second-order valence-electron chi connectivity index (χ2n) is 7.53. The molecule has 28 heavy (non-hydrogen) atoms. The number of benzene rings is 2. The fourth-order valence-electron chi connectivity index (χ4n) is 4.36. The largest absolute Gasteiger partial charge is 0.456 e. The van der Waals surface area contributed by atoms with Gasteiger partial charge >= 0.3 is 0 Å². The highest BCUT2D eigenvalue weighted by Crippen LogP contribution is 2.32. The van der Waals surface area contributed by atoms with Gasteiger partial charge < -0.3 is 14.3 Å². The lowest BCUT2D eigenvalue weighted by Crippen LogP contribution is -2.33. The minimum Gasteiger partial charge on any atom is -0.456 e. The zero-order valence-electron chi connectivity index (χ0n) is 15.9. The zero-order valence-corrected chi connectivity index (χ0v) is 15.9. The minimum absolute atomic E-state index is 0.0215. The van der Waals surface area contributed by atoms with Gasteiger partial charge in [0.15, 0.2) is 0 Å². The summed E-state index contributed by atoms with van der Waals surface area (Å²) in [6.07, 6.45) is 4.28. The zero-order chi connectivity index (χ0) is 19.1. The van der Waals surface area contributed by atoms with Gasteiger partial charge in [0, 0.05) is 35.4 Å². The summed E-state index contributed by atoms with van der Waals surface area (Å²) in [5, 5.41) is 5.16. The fourth-order valence-corrected chi connectivity index (χ4v) is 4.36. The summed E-state index contributed by atoms with van der Waals surface area (Å²) in [7, 11) is 2.07. The molecule has 5 heteroatoms. The lowest BCUT2D eigenvalue weighted by molar-refractivity contribution is -0.117. The molecule has 1 fully saturated rings. The maximum absolute atomic E-state index is 12.7. The number of nitrogens with zero attached hydrogens (tertiary/aromatic N) is 2. The van der Waals surface area contributed by atoms with E-state index >= 15 is 0 Å². The fraction of sp³-hybridized carbons (Fsp3) is 0.261. The van der Waals surface area contributed by atoms with Crippen LogP contribution in [0.25, 0.3) is 21.9 Å². The molecule has 4 aromatic rings. The van der Waals surface area contributed by atoms with Gasteiger partial charge in [-0.2, -0.15) is 0 Å². The Balaban J connectivity index is 1.34. The van der Waals surface area contributed by atoms with Gasteiger partial charge in [0.2, 0.25) is 5.91 Å². The van der Waals surface area contributed by atoms with E-state index in [-0.39, 0.29) is 5.91 Å². The standard InChI is InChI=1S/C23H23N3O2/c1-25-12-4-7-19(25)20-8-5-13-26(20)15-23(27)24-16-10-11-22-18(14-16)17-6-2-3-9-21(17)28-22/h2-4,6-7,9-12,14,20H,5,8,13,15H2,1H3,(H,24,27)/t20-/m0/s1. The van der Waals surface area contributed by atoms with E-state index in [2.05, 4.69) is 40.2 Å². The highest BCUT2D eigenvalue weighted by molar-refractivity contribution is 6.07. The van der Waals surface area contributed by atoms with Gasteiger partial charge in [0.25, 0.3) is 0 Å². The topological polar surface area (TPSA) is 50.4 Å². The molecular formula is C23H23N3O2. The van der Waals surface area contributed by atoms with Crippen molar-refractivity contribution in [1.82, 2.24) is 9.47 Å². The Morgan fingerprint density at radius 2 is 1.96 bits per heavy atom. The highest BCUT2D eigenvalue weighted by atomic mass is 16.3. The van der Waals surface area contributed by atoms with Gasteiger partial charge in [-0.1, -0.05) is 18.2 Å². The number of fused-ring (bicyclic) bond motifs is 3. The Morgan fingerprint density at radius 3 is 2.82 bits per heavy atom. The van der Waals surface area contributed by atoms with Crippen LogP contribution in [-0.2, 0) is 11.8 Å². The van der Waals surface area contributed by atoms with Crippen LogP contribution >= 0.6 is 0 Å². The molecule has 2 aromatic carbocycles. The minimum atomic E-state index is 0.0215. The van der Waals surface area contributed by atoms with Crippen LogP contribution in [0.15, 0.2) is 65.2 Å². The second kappa shape index (κ2) is 6.84. The predicted molar refractivity (Wildman–Crippen MR) is 111 cm³/mol. The van der Waals surface area contributed by atoms with E-state index < -0.39 is 0 Å². The van der Waals surface area contributed by atoms with Crippen molar-refractivity contribution in [2.24, 2.45) is 7.05 Å². The molecule has 0 radical (unpaired) electrons. The maximum atomic E-state index is 12.7. The van der Waals surface area contributed by atoms with E-state index in [1.54, 1.807) is 0 Å². The summed E-state index contributed by atoms with van der Waals surface area (Å²) in [5.74, 6) is 0.0215. The molecule has 3 heterocycles. The number of hydrogen-bond acceptors (Lipinski definition) is 3. The van der Waals surface area contributed by atoms with E-state index in [1.807, 2.05) is 42.5 Å². The molecule has 142 valence electrons. The van der Waals surface area contributed by atoms with Crippen molar-refractivity contribution in [2.45, 2.75) is 18.9 Å². The van der Waals surface area contributed by atoms with Gasteiger partial charge in [0.05, 0.1) is 12.6 Å². The number of nitrogens with one attached hydrogen (secondary N) is 1. The van der Waals surface area contributed by atoms with Crippen LogP contribution in [0.5, 0.6) is 0 Å². The first-order valence-corrected chi connectivity index (χ1v) is 9.75. The Hall–Kier alpha value is -3.05. The molecule has 0 aliphatic carbocycles. The lowest BCUT2D eigenvalue weighted by atomic mass is 10.1. The summed E-state index contributed by atoms with van der Waals surface area (Å²) >= 11 is 0. The number of furan rings is 1. The molecule has 0 spiro atoms. The molecule has 1 amide bonds. The Labute approximate surface area is 163 Å². The molecule has 0 saturated carbocycles. The average molecular weight is 373 g/mol. The molecule has 1 aliphatic rings. The number of para-hydroxylation sites is 1. The number of rotatable bonds is 4. The molecule has 0 bridgehead atoms. The molecule has 5 nitrogen and oxygen atoms in total. The van der Waals surface area contributed by atoms with Crippen LogP contribution in [0.2, 0.25) is 0 Å². The van der Waals surface area contributed by atoms with Gasteiger partial charge in [-0.05, 0) is 55.8 Å². The van der Waals surface area contributed by atoms with Crippen LogP contribution in [0, 0.1) is 0 Å². The molecule has 5 rings (SSSR count). The number of likely N-dealkylation sites (tertiary alicyclic amines) is 1. The number of carbonyl (C=O) groups excluding carboxylic acids is 1. The third-order valence-corrected chi connectivity index (χ3v) is 5.70. The van der Waals surface area contributed by atoms with Crippen molar-refractivity contribution in [1.29, 1.82) is 0 Å². The number of aryl methyl sites for hydroxylation is 1. The number of carbonyl (C=O) groups is 1. The van der Waals surface area contributed by atoms with Crippen molar-refractivity contribution >= 4 is 33.5 Å². The third-order valence-electron chi connectivity index (χ3n) is 5.70. The van der Waals surface area contributed by atoms with Crippen molar-refractivity contribution in [3.63, 3.8) is 0 Å². The van der Waals surface area contributed by atoms with Crippen molar-refractivity contribution in [2.75, 3.05) is 18.4 Å². The van der Waals surface area contributed by atoms with Crippen LogP contribution in [0.4, 0.5) is 5.69 Å². The third kappa shape index (κ3) is 2.98. The van der Waals surface area contributed by atoms with Crippen LogP contribution in [0.3, 0.4) is 0 Å². The summed E-state index contributed by atoms with van der Waals surface area (Å²) < 4.78 is 8.01. The Kier molecular flexibility index (Phi) is 4.17. The quantitative estimate of drug-likeness (QED) is 0.564. The maximum Gasteiger partial charge on any atom is 0.238 e. The normalized spacial score (nSPS) is 17.5. The molecule has 1 saturated heterocycles. The molecule has 1 atom stereocenters. The van der Waals surface area contributed by atoms with Crippen LogP contribution in [-0.4, -0.2) is 28.5 Å². The average Bonchev–Trinajstić information content (AvgIpc) is 3.40. The summed E-state index contributed by atoms with van der Waals surface area (Å²) in [6.45, 7) is 1.36. The summed E-state index contributed by atoms with van der Waals surface area (Å²) in [6, 6.07) is 18.3. The van der Waals surface area contributed by atoms with Gasteiger partial charge in [-0.3, -0.25) is 9.69 Å². The monoisotopic (exact) mass is 373 g/mol. The van der Waals surface area contributed by atoms with Gasteiger partial charge in [0.1, 0.15) is 11.2 Å². The first-order chi connectivity index (χ1) is 13.7. The van der Waals surface area contributed by atoms with Crippen molar-refractivity contribution in [3.8, 4) is 0 Å². The van der Waals surface area contributed by atoms with Crippen LogP contribution in [0.1, 0.15) is 24.6 Å². The van der Waals surface area contributed by atoms with Gasteiger partial charge in [-0.15, -0.1) is 0 Å². The number of anilines is 1. The SMILES string of the molecule is Cn1cccc1[C@@H]1CCCN1CC(=O)Nc1ccc2oc3ccccc3c2c1. The van der Waals surface area contributed by atoms with Crippen LogP contribution < -0.4 is 5.32 Å². The predicted octanol–water partition coefficient (Wildman–Crippen LogP) is 4.70. The molecule has 1 N–H and O–H groups in total.